The number of nitrogens with zero attached hydrogens (tertiary/aromatic N) is 3. The topological polar surface area (TPSA) is 92.0 Å². The van der Waals surface area contributed by atoms with Crippen LogP contribution in [0.2, 0.25) is 0 Å². The molecule has 0 bridgehead atoms. The Bertz CT molecular complexity index is 768. The van der Waals surface area contributed by atoms with E-state index in [0.29, 0.717) is 24.9 Å². The zero-order valence-corrected chi connectivity index (χ0v) is 19.2. The molecule has 0 aliphatic carbocycles. The van der Waals surface area contributed by atoms with Crippen LogP contribution >= 0.6 is 24.0 Å². The summed E-state index contributed by atoms with van der Waals surface area (Å²) >= 11 is 0. The van der Waals surface area contributed by atoms with Gasteiger partial charge in [-0.25, -0.2) is 9.98 Å². The fraction of sp³-hybridized carbons (Fsp3) is 0.421. The van der Waals surface area contributed by atoms with Gasteiger partial charge in [0.05, 0.1) is 32.4 Å². The number of hydrogen-bond donors (Lipinski definition) is 2. The van der Waals surface area contributed by atoms with Gasteiger partial charge in [0.2, 0.25) is 11.8 Å². The van der Waals surface area contributed by atoms with E-state index in [9.17, 15) is 4.79 Å². The predicted molar refractivity (Wildman–Crippen MR) is 119 cm³/mol. The van der Waals surface area contributed by atoms with Gasteiger partial charge in [0.1, 0.15) is 11.5 Å². The molecule has 0 radical (unpaired) electrons. The SMILES string of the molecule is COc1ccc(CN=C(NCC(=O)N(C)C)NCc2nc(C)c(C)o2)cc1.I. The number of guanidine groups is 1. The molecule has 0 saturated carbocycles. The van der Waals surface area contributed by atoms with Crippen LogP contribution < -0.4 is 15.4 Å². The summed E-state index contributed by atoms with van der Waals surface area (Å²) in [6, 6.07) is 7.68. The summed E-state index contributed by atoms with van der Waals surface area (Å²) in [7, 11) is 5.06. The summed E-state index contributed by atoms with van der Waals surface area (Å²) in [5.41, 5.74) is 1.89. The molecule has 0 aliphatic heterocycles. The first-order valence-electron chi connectivity index (χ1n) is 8.67. The van der Waals surface area contributed by atoms with E-state index in [4.69, 9.17) is 9.15 Å². The fourth-order valence-electron chi connectivity index (χ4n) is 2.17. The molecule has 0 aliphatic rings. The van der Waals surface area contributed by atoms with Crippen LogP contribution in [0.15, 0.2) is 33.7 Å². The van der Waals surface area contributed by atoms with Crippen LogP contribution in [0.4, 0.5) is 0 Å². The number of aromatic nitrogens is 1. The molecule has 1 heterocycles. The first kappa shape index (κ1) is 23.7. The van der Waals surface area contributed by atoms with E-state index >= 15 is 0 Å². The molecule has 1 aromatic heterocycles. The molecule has 154 valence electrons. The van der Waals surface area contributed by atoms with Gasteiger partial charge in [0, 0.05) is 14.1 Å². The molecule has 1 aromatic carbocycles. The highest BCUT2D eigenvalue weighted by molar-refractivity contribution is 14.0. The summed E-state index contributed by atoms with van der Waals surface area (Å²) in [5.74, 6) is 2.62. The third-order valence-electron chi connectivity index (χ3n) is 3.96. The number of hydrogen-bond acceptors (Lipinski definition) is 5. The lowest BCUT2D eigenvalue weighted by molar-refractivity contribution is -0.127. The average molecular weight is 501 g/mol. The lowest BCUT2D eigenvalue weighted by atomic mass is 10.2. The number of benzene rings is 1. The average Bonchev–Trinajstić information content (AvgIpc) is 2.98. The third-order valence-corrected chi connectivity index (χ3v) is 3.96. The molecule has 2 N–H and O–H groups in total. The third kappa shape index (κ3) is 7.37. The van der Waals surface area contributed by atoms with Gasteiger partial charge in [-0.1, -0.05) is 12.1 Å². The number of ether oxygens (including phenoxy) is 1. The van der Waals surface area contributed by atoms with Gasteiger partial charge in [-0.2, -0.15) is 0 Å². The Balaban J connectivity index is 0.00000392. The number of carbonyl (C=O) groups is 1. The Kier molecular flexibility index (Phi) is 9.77. The summed E-state index contributed by atoms with van der Waals surface area (Å²) in [5, 5.41) is 6.19. The van der Waals surface area contributed by atoms with Crippen molar-refractivity contribution in [3.05, 3.63) is 47.2 Å². The van der Waals surface area contributed by atoms with E-state index < -0.39 is 0 Å². The van der Waals surface area contributed by atoms with Crippen molar-refractivity contribution in [3.8, 4) is 5.75 Å². The zero-order valence-electron chi connectivity index (χ0n) is 16.9. The summed E-state index contributed by atoms with van der Waals surface area (Å²) < 4.78 is 10.7. The molecule has 8 nitrogen and oxygen atoms in total. The van der Waals surface area contributed by atoms with Gasteiger partial charge in [0.15, 0.2) is 5.96 Å². The van der Waals surface area contributed by atoms with E-state index in [-0.39, 0.29) is 36.4 Å². The minimum Gasteiger partial charge on any atom is -0.497 e. The minimum absolute atomic E-state index is 0. The smallest absolute Gasteiger partial charge is 0.241 e. The molecule has 1 amide bonds. The molecule has 2 aromatic rings. The van der Waals surface area contributed by atoms with E-state index in [1.165, 1.54) is 4.90 Å². The summed E-state index contributed by atoms with van der Waals surface area (Å²) in [6.45, 7) is 4.75. The second kappa shape index (κ2) is 11.5. The van der Waals surface area contributed by atoms with Gasteiger partial charge in [-0.3, -0.25) is 4.79 Å². The number of aryl methyl sites for hydroxylation is 2. The van der Waals surface area contributed by atoms with Crippen molar-refractivity contribution in [1.82, 2.24) is 20.5 Å². The molecule has 0 atom stereocenters. The van der Waals surface area contributed by atoms with Crippen molar-refractivity contribution >= 4 is 35.8 Å². The Hall–Kier alpha value is -2.30. The van der Waals surface area contributed by atoms with Gasteiger partial charge in [-0.05, 0) is 31.5 Å². The lowest BCUT2D eigenvalue weighted by Crippen LogP contribution is -2.42. The van der Waals surface area contributed by atoms with E-state index in [1.807, 2.05) is 38.1 Å². The van der Waals surface area contributed by atoms with Crippen LogP contribution in [0, 0.1) is 13.8 Å². The standard InChI is InChI=1S/C19H27N5O3.HI/c1-13-14(2)27-17(23-13)11-21-19(22-12-18(25)24(3)4)20-10-15-6-8-16(26-5)9-7-15;/h6-9H,10-12H2,1-5H3,(H2,20,21,22);1H. The number of carbonyl (C=O) groups excluding carboxylic acids is 1. The van der Waals surface area contributed by atoms with Crippen molar-refractivity contribution < 1.29 is 13.9 Å². The maximum Gasteiger partial charge on any atom is 0.241 e. The molecule has 2 rings (SSSR count). The van der Waals surface area contributed by atoms with Gasteiger partial charge in [-0.15, -0.1) is 24.0 Å². The number of methoxy groups -OCH3 is 1. The van der Waals surface area contributed by atoms with Crippen molar-refractivity contribution in [3.63, 3.8) is 0 Å². The highest BCUT2D eigenvalue weighted by atomic mass is 127. The number of likely N-dealkylation sites (N-methyl/N-ethyl adjacent to an activating group) is 1. The number of halogens is 1. The van der Waals surface area contributed by atoms with E-state index in [0.717, 1.165) is 22.8 Å². The second-order valence-electron chi connectivity index (χ2n) is 6.26. The van der Waals surface area contributed by atoms with Crippen molar-refractivity contribution in [2.75, 3.05) is 27.7 Å². The quantitative estimate of drug-likeness (QED) is 0.344. The van der Waals surface area contributed by atoms with Crippen LogP contribution in [0.1, 0.15) is 22.9 Å². The van der Waals surface area contributed by atoms with Crippen molar-refractivity contribution in [2.45, 2.75) is 26.9 Å². The van der Waals surface area contributed by atoms with E-state index in [2.05, 4.69) is 20.6 Å². The normalized spacial score (nSPS) is 10.8. The molecule has 0 saturated heterocycles. The van der Waals surface area contributed by atoms with Crippen LogP contribution in [0.25, 0.3) is 0 Å². The maximum absolute atomic E-state index is 11.9. The zero-order chi connectivity index (χ0) is 19.8. The Labute approximate surface area is 182 Å². The maximum atomic E-state index is 11.9. The van der Waals surface area contributed by atoms with Gasteiger partial charge in [0.25, 0.3) is 0 Å². The number of rotatable bonds is 7. The molecule has 0 unspecified atom stereocenters. The second-order valence-corrected chi connectivity index (χ2v) is 6.26. The fourth-order valence-corrected chi connectivity index (χ4v) is 2.17. The number of aliphatic imine (C=N–C) groups is 1. The van der Waals surface area contributed by atoms with Crippen molar-refractivity contribution in [2.24, 2.45) is 4.99 Å². The minimum atomic E-state index is -0.0447. The Morgan fingerprint density at radius 2 is 1.89 bits per heavy atom. The lowest BCUT2D eigenvalue weighted by Gasteiger charge is -2.14. The number of oxazole rings is 1. The molecule has 9 heteroatoms. The van der Waals surface area contributed by atoms with Crippen LogP contribution in [-0.2, 0) is 17.9 Å². The van der Waals surface area contributed by atoms with Crippen LogP contribution in [0.3, 0.4) is 0 Å². The molecule has 28 heavy (non-hydrogen) atoms. The summed E-state index contributed by atoms with van der Waals surface area (Å²) in [4.78, 5) is 22.3. The first-order chi connectivity index (χ1) is 12.9. The molecular formula is C19H28IN5O3. The Morgan fingerprint density at radius 1 is 1.21 bits per heavy atom. The van der Waals surface area contributed by atoms with Gasteiger partial charge < -0.3 is 24.7 Å². The highest BCUT2D eigenvalue weighted by Crippen LogP contribution is 2.12. The largest absolute Gasteiger partial charge is 0.497 e. The molecular weight excluding hydrogens is 473 g/mol. The molecule has 0 spiro atoms. The van der Waals surface area contributed by atoms with Crippen molar-refractivity contribution in [1.29, 1.82) is 0 Å². The summed E-state index contributed by atoms with van der Waals surface area (Å²) in [6.07, 6.45) is 0. The van der Waals surface area contributed by atoms with Crippen LogP contribution in [0.5, 0.6) is 5.75 Å². The number of nitrogens with one attached hydrogen (secondary N) is 2. The number of amides is 1. The van der Waals surface area contributed by atoms with E-state index in [1.54, 1.807) is 21.2 Å². The Morgan fingerprint density at radius 3 is 2.43 bits per heavy atom. The van der Waals surface area contributed by atoms with Gasteiger partial charge >= 0.3 is 0 Å². The highest BCUT2D eigenvalue weighted by Gasteiger charge is 2.09. The molecule has 0 fully saturated rings. The monoisotopic (exact) mass is 501 g/mol. The van der Waals surface area contributed by atoms with Crippen LogP contribution in [-0.4, -0.2) is 49.5 Å². The first-order valence-corrected chi connectivity index (χ1v) is 8.67. The predicted octanol–water partition coefficient (Wildman–Crippen LogP) is 2.24.